The number of fused-ring (bicyclic) bond motifs is 1. The van der Waals surface area contributed by atoms with E-state index in [9.17, 15) is 9.59 Å². The molecular formula is C14H25N3O2. The fraction of sp³-hybridized carbons (Fsp3) is 0.857. The van der Waals surface area contributed by atoms with Crippen molar-refractivity contribution in [1.29, 1.82) is 0 Å². The first-order valence-corrected chi connectivity index (χ1v) is 7.36. The van der Waals surface area contributed by atoms with Gasteiger partial charge in [-0.2, -0.15) is 0 Å². The predicted molar refractivity (Wildman–Crippen MR) is 73.2 cm³/mol. The molecule has 108 valence electrons. The lowest BCUT2D eigenvalue weighted by Crippen LogP contribution is -2.51. The van der Waals surface area contributed by atoms with Gasteiger partial charge in [-0.05, 0) is 26.9 Å². The molecule has 2 aliphatic heterocycles. The molecule has 0 saturated carbocycles. The zero-order valence-corrected chi connectivity index (χ0v) is 12.3. The van der Waals surface area contributed by atoms with Gasteiger partial charge < -0.3 is 4.90 Å². The van der Waals surface area contributed by atoms with Crippen LogP contribution in [0.2, 0.25) is 0 Å². The van der Waals surface area contributed by atoms with E-state index in [0.29, 0.717) is 12.8 Å². The zero-order valence-electron chi connectivity index (χ0n) is 12.3. The quantitative estimate of drug-likeness (QED) is 0.680. The molecule has 5 nitrogen and oxygen atoms in total. The van der Waals surface area contributed by atoms with E-state index < -0.39 is 0 Å². The highest BCUT2D eigenvalue weighted by Crippen LogP contribution is 2.32. The van der Waals surface area contributed by atoms with E-state index in [-0.39, 0.29) is 24.1 Å². The lowest BCUT2D eigenvalue weighted by atomic mass is 10.2. The molecule has 2 aliphatic rings. The molecule has 0 bridgehead atoms. The van der Waals surface area contributed by atoms with Crippen LogP contribution in [0.15, 0.2) is 0 Å². The number of nitrogens with zero attached hydrogens (tertiary/aromatic N) is 3. The summed E-state index contributed by atoms with van der Waals surface area (Å²) >= 11 is 0. The minimum Gasteiger partial charge on any atom is -0.307 e. The van der Waals surface area contributed by atoms with Crippen LogP contribution in [0.25, 0.3) is 0 Å². The lowest BCUT2D eigenvalue weighted by molar-refractivity contribution is -0.136. The summed E-state index contributed by atoms with van der Waals surface area (Å²) in [4.78, 5) is 30.0. The van der Waals surface area contributed by atoms with Gasteiger partial charge in [-0.1, -0.05) is 26.2 Å². The van der Waals surface area contributed by atoms with Crippen LogP contribution in [-0.2, 0) is 9.59 Å². The third-order valence-corrected chi connectivity index (χ3v) is 4.07. The van der Waals surface area contributed by atoms with Gasteiger partial charge in [0.15, 0.2) is 6.29 Å². The fourth-order valence-corrected chi connectivity index (χ4v) is 3.15. The molecule has 0 aliphatic carbocycles. The summed E-state index contributed by atoms with van der Waals surface area (Å²) in [5.74, 6) is 0.258. The van der Waals surface area contributed by atoms with Crippen molar-refractivity contribution in [1.82, 2.24) is 14.7 Å². The molecule has 0 aromatic carbocycles. The average Bonchev–Trinajstić information content (AvgIpc) is 2.86. The van der Waals surface area contributed by atoms with Crippen LogP contribution in [0.5, 0.6) is 0 Å². The predicted octanol–water partition coefficient (Wildman–Crippen LogP) is 1.25. The summed E-state index contributed by atoms with van der Waals surface area (Å²) in [7, 11) is 3.87. The van der Waals surface area contributed by atoms with Crippen molar-refractivity contribution in [2.45, 2.75) is 57.8 Å². The largest absolute Gasteiger partial charge is 0.307 e. The van der Waals surface area contributed by atoms with Gasteiger partial charge in [-0.3, -0.25) is 19.4 Å². The summed E-state index contributed by atoms with van der Waals surface area (Å²) in [6.45, 7) is 2.94. The van der Waals surface area contributed by atoms with E-state index in [1.807, 2.05) is 23.9 Å². The molecule has 2 rings (SSSR count). The van der Waals surface area contributed by atoms with Crippen LogP contribution in [0.1, 0.15) is 45.4 Å². The van der Waals surface area contributed by atoms with Crippen molar-refractivity contribution >= 4 is 11.8 Å². The third-order valence-electron chi connectivity index (χ3n) is 4.07. The second-order valence-corrected chi connectivity index (χ2v) is 5.76. The molecule has 2 amide bonds. The Labute approximate surface area is 115 Å². The van der Waals surface area contributed by atoms with E-state index in [1.54, 1.807) is 4.90 Å². The molecule has 0 spiro atoms. The summed E-state index contributed by atoms with van der Waals surface area (Å²) in [6.07, 6.45) is 5.61. The first-order chi connectivity index (χ1) is 9.07. The minimum absolute atomic E-state index is 0.119. The fourth-order valence-electron chi connectivity index (χ4n) is 3.15. The normalized spacial score (nSPS) is 26.7. The Morgan fingerprint density at radius 3 is 2.58 bits per heavy atom. The number of unbranched alkanes of at least 4 members (excludes halogenated alkanes) is 3. The summed E-state index contributed by atoms with van der Waals surface area (Å²) < 4.78 is 0. The monoisotopic (exact) mass is 267 g/mol. The number of amides is 2. The van der Waals surface area contributed by atoms with Crippen molar-refractivity contribution in [3.63, 3.8) is 0 Å². The van der Waals surface area contributed by atoms with Gasteiger partial charge in [0.2, 0.25) is 11.8 Å². The van der Waals surface area contributed by atoms with Crippen LogP contribution < -0.4 is 0 Å². The topological polar surface area (TPSA) is 43.9 Å². The van der Waals surface area contributed by atoms with Crippen LogP contribution in [0.4, 0.5) is 0 Å². The summed E-state index contributed by atoms with van der Waals surface area (Å²) in [5, 5.41) is 0. The number of carbonyl (C=O) groups excluding carboxylic acids is 2. The maximum absolute atomic E-state index is 12.4. The van der Waals surface area contributed by atoms with Gasteiger partial charge in [0.1, 0.15) is 6.04 Å². The third kappa shape index (κ3) is 2.61. The Balaban J connectivity index is 2.04. The summed E-state index contributed by atoms with van der Waals surface area (Å²) in [6, 6.07) is -0.203. The Morgan fingerprint density at radius 2 is 1.95 bits per heavy atom. The maximum Gasteiger partial charge on any atom is 0.248 e. The molecule has 2 fully saturated rings. The van der Waals surface area contributed by atoms with Crippen LogP contribution in [0, 0.1) is 0 Å². The SMILES string of the molecule is CCCCCCN1C(=O)C2CCC(=O)N2C1N(C)C. The van der Waals surface area contributed by atoms with E-state index in [1.165, 1.54) is 12.8 Å². The van der Waals surface area contributed by atoms with Crippen LogP contribution in [-0.4, -0.2) is 59.5 Å². The van der Waals surface area contributed by atoms with E-state index in [4.69, 9.17) is 0 Å². The first-order valence-electron chi connectivity index (χ1n) is 7.36. The molecule has 19 heavy (non-hydrogen) atoms. The molecule has 5 heteroatoms. The number of carbonyl (C=O) groups is 2. The molecule has 2 saturated heterocycles. The highest BCUT2D eigenvalue weighted by Gasteiger charge is 2.51. The van der Waals surface area contributed by atoms with Crippen molar-refractivity contribution in [3.8, 4) is 0 Å². The smallest absolute Gasteiger partial charge is 0.248 e. The highest BCUT2D eigenvalue weighted by molar-refractivity contribution is 5.94. The molecule has 0 N–H and O–H groups in total. The Bertz CT molecular complexity index is 357. The maximum atomic E-state index is 12.4. The highest BCUT2D eigenvalue weighted by atomic mass is 16.2. The van der Waals surface area contributed by atoms with Crippen molar-refractivity contribution in [2.24, 2.45) is 0 Å². The van der Waals surface area contributed by atoms with Gasteiger partial charge in [0.05, 0.1) is 0 Å². The van der Waals surface area contributed by atoms with E-state index in [2.05, 4.69) is 6.92 Å². The van der Waals surface area contributed by atoms with Gasteiger partial charge in [-0.25, -0.2) is 0 Å². The molecular weight excluding hydrogens is 242 g/mol. The Hall–Kier alpha value is -1.10. The molecule has 0 radical (unpaired) electrons. The summed E-state index contributed by atoms with van der Waals surface area (Å²) in [5.41, 5.74) is 0. The average molecular weight is 267 g/mol. The van der Waals surface area contributed by atoms with E-state index in [0.717, 1.165) is 19.4 Å². The van der Waals surface area contributed by atoms with Crippen molar-refractivity contribution in [3.05, 3.63) is 0 Å². The van der Waals surface area contributed by atoms with E-state index >= 15 is 0 Å². The second-order valence-electron chi connectivity index (χ2n) is 5.76. The van der Waals surface area contributed by atoms with Gasteiger partial charge in [0, 0.05) is 13.0 Å². The minimum atomic E-state index is -0.203. The zero-order chi connectivity index (χ0) is 14.0. The molecule has 2 heterocycles. The molecule has 0 aromatic heterocycles. The van der Waals surface area contributed by atoms with Gasteiger partial charge in [-0.15, -0.1) is 0 Å². The second kappa shape index (κ2) is 5.90. The van der Waals surface area contributed by atoms with Gasteiger partial charge >= 0.3 is 0 Å². The molecule has 2 atom stereocenters. The molecule has 0 aromatic rings. The standard InChI is InChI=1S/C14H25N3O2/c1-4-5-6-7-10-16-13(19)11-8-9-12(18)17(11)14(16)15(2)3/h11,14H,4-10H2,1-3H3. The molecule has 2 unspecified atom stereocenters. The Morgan fingerprint density at radius 1 is 1.21 bits per heavy atom. The Kier molecular flexibility index (Phi) is 4.45. The van der Waals surface area contributed by atoms with Crippen molar-refractivity contribution in [2.75, 3.05) is 20.6 Å². The van der Waals surface area contributed by atoms with Crippen LogP contribution in [0.3, 0.4) is 0 Å². The number of rotatable bonds is 6. The number of hydrogen-bond donors (Lipinski definition) is 0. The van der Waals surface area contributed by atoms with Crippen molar-refractivity contribution < 1.29 is 9.59 Å². The lowest BCUT2D eigenvalue weighted by Gasteiger charge is -2.34. The van der Waals surface area contributed by atoms with Crippen LogP contribution >= 0.6 is 0 Å². The van der Waals surface area contributed by atoms with Gasteiger partial charge in [0.25, 0.3) is 0 Å². The number of hydrogen-bond acceptors (Lipinski definition) is 3. The first kappa shape index (κ1) is 14.3.